The van der Waals surface area contributed by atoms with Crippen LogP contribution in [0, 0.1) is 0 Å². The summed E-state index contributed by atoms with van der Waals surface area (Å²) in [6, 6.07) is 0.917. The Morgan fingerprint density at radius 1 is 1.03 bits per heavy atom. The van der Waals surface area contributed by atoms with Crippen molar-refractivity contribution in [2.24, 2.45) is 0 Å². The molecule has 0 saturated carbocycles. The molecular weight excluding hydrogens is 589 g/mol. The maximum Gasteiger partial charge on any atom is 0.330 e. The SMILES string of the molecule is CCC/C=C(C)/C(C)=C/COP(=O)([O-])OP(=O)([O-])OP(=O)([O-])OCC1OC(n2ccc(=O)[nH]c2=O)C(O)C1O. The van der Waals surface area contributed by atoms with Crippen LogP contribution in [0.15, 0.2) is 45.2 Å². The molecule has 1 fully saturated rings. The molecule has 0 amide bonds. The number of hydrogen-bond acceptors (Lipinski definition) is 15. The minimum atomic E-state index is -6.11. The van der Waals surface area contributed by atoms with Gasteiger partial charge in [0.05, 0.1) is 13.2 Å². The van der Waals surface area contributed by atoms with Gasteiger partial charge >= 0.3 is 5.69 Å². The summed E-state index contributed by atoms with van der Waals surface area (Å²) in [6.07, 6.45) is -0.975. The second kappa shape index (κ2) is 13.9. The first-order valence-corrected chi connectivity index (χ1v) is 15.7. The van der Waals surface area contributed by atoms with E-state index in [4.69, 9.17) is 4.74 Å². The number of unbranched alkanes of at least 4 members (excludes halogenated alkanes) is 1. The summed E-state index contributed by atoms with van der Waals surface area (Å²) >= 11 is 0. The molecule has 0 radical (unpaired) electrons. The molecule has 39 heavy (non-hydrogen) atoms. The molecule has 0 aromatic carbocycles. The van der Waals surface area contributed by atoms with Gasteiger partial charge in [0.15, 0.2) is 6.23 Å². The van der Waals surface area contributed by atoms with Crippen molar-refractivity contribution in [1.29, 1.82) is 0 Å². The summed E-state index contributed by atoms with van der Waals surface area (Å²) in [5.74, 6) is 0. The first-order valence-electron chi connectivity index (χ1n) is 11.3. The van der Waals surface area contributed by atoms with E-state index in [1.165, 1.54) is 6.08 Å². The van der Waals surface area contributed by atoms with Gasteiger partial charge < -0.3 is 38.7 Å². The van der Waals surface area contributed by atoms with Crippen LogP contribution in [0.5, 0.6) is 0 Å². The van der Waals surface area contributed by atoms with Gasteiger partial charge in [-0.25, -0.2) is 13.4 Å². The highest BCUT2D eigenvalue weighted by molar-refractivity contribution is 7.65. The monoisotopic (exact) mass is 617 g/mol. The van der Waals surface area contributed by atoms with Crippen LogP contribution in [0.4, 0.5) is 0 Å². The summed E-state index contributed by atoms with van der Waals surface area (Å²) in [4.78, 5) is 60.6. The van der Waals surface area contributed by atoms with E-state index in [0.29, 0.717) is 10.1 Å². The molecule has 1 aliphatic heterocycles. The van der Waals surface area contributed by atoms with Gasteiger partial charge in [0.2, 0.25) is 0 Å². The molecule has 20 heteroatoms. The van der Waals surface area contributed by atoms with Crippen LogP contribution >= 0.6 is 23.5 Å². The first kappa shape index (κ1) is 33.7. The fourth-order valence-electron chi connectivity index (χ4n) is 3.13. The zero-order chi connectivity index (χ0) is 29.6. The number of aliphatic hydroxyl groups is 2. The zero-order valence-corrected chi connectivity index (χ0v) is 23.6. The van der Waals surface area contributed by atoms with Crippen molar-refractivity contribution in [3.05, 3.63) is 56.4 Å². The normalized spacial score (nSPS) is 27.1. The van der Waals surface area contributed by atoms with Crippen LogP contribution < -0.4 is 25.9 Å². The number of aromatic nitrogens is 2. The smallest absolute Gasteiger partial charge is 0.330 e. The fraction of sp³-hybridized carbons (Fsp3) is 0.579. The van der Waals surface area contributed by atoms with Crippen molar-refractivity contribution in [2.45, 2.75) is 58.2 Å². The number of aliphatic hydroxyl groups excluding tert-OH is 2. The molecule has 17 nitrogen and oxygen atoms in total. The zero-order valence-electron chi connectivity index (χ0n) is 20.9. The number of allylic oxidation sites excluding steroid dienone is 3. The number of nitrogens with zero attached hydrogens (tertiary/aromatic N) is 1. The minimum Gasteiger partial charge on any atom is -0.756 e. The first-order chi connectivity index (χ1) is 18.0. The predicted octanol–water partition coefficient (Wildman–Crippen LogP) is -0.680. The largest absolute Gasteiger partial charge is 0.756 e. The highest BCUT2D eigenvalue weighted by Gasteiger charge is 2.44. The van der Waals surface area contributed by atoms with Crippen LogP contribution in [0.25, 0.3) is 0 Å². The van der Waals surface area contributed by atoms with E-state index in [9.17, 15) is 48.2 Å². The molecule has 0 spiro atoms. The summed E-state index contributed by atoms with van der Waals surface area (Å²) in [5.41, 5.74) is -0.283. The Morgan fingerprint density at radius 2 is 1.62 bits per heavy atom. The lowest BCUT2D eigenvalue weighted by Crippen LogP contribution is -2.37. The molecule has 0 aliphatic carbocycles. The maximum atomic E-state index is 12.0. The van der Waals surface area contributed by atoms with Crippen molar-refractivity contribution < 1.29 is 61.0 Å². The Bertz CT molecular complexity index is 1320. The average molecular weight is 617 g/mol. The van der Waals surface area contributed by atoms with Gasteiger partial charge in [0.1, 0.15) is 18.3 Å². The van der Waals surface area contributed by atoms with E-state index in [1.807, 2.05) is 18.0 Å². The molecule has 2 rings (SSSR count). The Balaban J connectivity index is 1.95. The van der Waals surface area contributed by atoms with Crippen molar-refractivity contribution in [2.75, 3.05) is 13.2 Å². The number of nitrogens with one attached hydrogen (secondary N) is 1. The molecule has 222 valence electrons. The average Bonchev–Trinajstić information content (AvgIpc) is 3.08. The molecule has 7 unspecified atom stereocenters. The van der Waals surface area contributed by atoms with Gasteiger partial charge in [-0.2, -0.15) is 0 Å². The molecular formula is C19H28N2O15P3-3. The summed E-state index contributed by atoms with van der Waals surface area (Å²) in [7, 11) is -17.6. The predicted molar refractivity (Wildman–Crippen MR) is 127 cm³/mol. The molecule has 1 aromatic rings. The number of rotatable bonds is 14. The third-order valence-corrected chi connectivity index (χ3v) is 9.37. The molecule has 0 bridgehead atoms. The summed E-state index contributed by atoms with van der Waals surface area (Å²) in [6.45, 7) is 3.67. The van der Waals surface area contributed by atoms with E-state index < -0.39 is 72.5 Å². The lowest BCUT2D eigenvalue weighted by atomic mass is 10.1. The maximum absolute atomic E-state index is 12.0. The summed E-state index contributed by atoms with van der Waals surface area (Å²) < 4.78 is 57.8. The van der Waals surface area contributed by atoms with Crippen LogP contribution in [0.3, 0.4) is 0 Å². The van der Waals surface area contributed by atoms with Crippen molar-refractivity contribution in [1.82, 2.24) is 9.55 Å². The van der Waals surface area contributed by atoms with Gasteiger partial charge in [-0.15, -0.1) is 0 Å². The summed E-state index contributed by atoms with van der Waals surface area (Å²) in [5, 5.41) is 20.2. The quantitative estimate of drug-likeness (QED) is 0.172. The molecule has 7 atom stereocenters. The molecule has 1 aromatic heterocycles. The third kappa shape index (κ3) is 10.4. The number of hydrogen-bond donors (Lipinski definition) is 3. The number of H-pyrrole nitrogens is 1. The van der Waals surface area contributed by atoms with Crippen molar-refractivity contribution in [3.63, 3.8) is 0 Å². The topological polar surface area (TPSA) is 262 Å². The molecule has 1 aliphatic rings. The Kier molecular flexibility index (Phi) is 12.0. The Labute approximate surface area is 222 Å². The van der Waals surface area contributed by atoms with Crippen molar-refractivity contribution in [3.8, 4) is 0 Å². The molecule has 1 saturated heterocycles. The Morgan fingerprint density at radius 3 is 2.21 bits per heavy atom. The van der Waals surface area contributed by atoms with Gasteiger partial charge in [0.25, 0.3) is 29.0 Å². The van der Waals surface area contributed by atoms with E-state index in [1.54, 1.807) is 13.8 Å². The van der Waals surface area contributed by atoms with Crippen LogP contribution in [0.2, 0.25) is 0 Å². The van der Waals surface area contributed by atoms with E-state index in [-0.39, 0.29) is 0 Å². The van der Waals surface area contributed by atoms with Gasteiger partial charge in [-0.3, -0.25) is 28.0 Å². The highest BCUT2D eigenvalue weighted by Crippen LogP contribution is 2.63. The van der Waals surface area contributed by atoms with Crippen molar-refractivity contribution >= 4 is 23.5 Å². The second-order valence-corrected chi connectivity index (χ2v) is 12.7. The third-order valence-electron chi connectivity index (χ3n) is 5.24. The molecule has 2 heterocycles. The second-order valence-electron chi connectivity index (χ2n) is 8.22. The van der Waals surface area contributed by atoms with Crippen LogP contribution in [-0.4, -0.2) is 51.3 Å². The number of phosphoric acid groups is 3. The van der Waals surface area contributed by atoms with E-state index >= 15 is 0 Å². The molecule has 3 N–H and O–H groups in total. The van der Waals surface area contributed by atoms with Crippen LogP contribution in [-0.2, 0) is 36.1 Å². The highest BCUT2D eigenvalue weighted by atomic mass is 31.3. The lowest BCUT2D eigenvalue weighted by molar-refractivity contribution is -0.251. The number of phosphoric ester groups is 2. The van der Waals surface area contributed by atoms with Gasteiger partial charge in [-0.1, -0.05) is 36.6 Å². The number of aromatic amines is 1. The van der Waals surface area contributed by atoms with Gasteiger partial charge in [-0.05, 0) is 20.3 Å². The van der Waals surface area contributed by atoms with Gasteiger partial charge in [0, 0.05) is 12.3 Å². The fourth-order valence-corrected chi connectivity index (χ4v) is 6.44. The van der Waals surface area contributed by atoms with E-state index in [2.05, 4.69) is 17.7 Å². The van der Waals surface area contributed by atoms with E-state index in [0.717, 1.165) is 30.7 Å². The van der Waals surface area contributed by atoms with Crippen LogP contribution in [0.1, 0.15) is 39.8 Å². The lowest BCUT2D eigenvalue weighted by Gasteiger charge is -2.34. The Hall–Kier alpha value is -1.55. The number of ether oxygens (including phenoxy) is 1. The standard InChI is InChI=1S/C19H31N2O15P3/c1-4-5-6-12(2)13(3)8-10-32-37(26,27)35-39(30,31)36-38(28,29)33-11-14-16(23)17(24)18(34-14)21-9-7-15(22)20-19(21)25/h6-9,14,16-18,23-24H,4-5,10-11H2,1-3H3,(H,26,27)(H,28,29)(H,30,31)(H,20,22,25)/p-3/b12-6+,13-8+. The minimum absolute atomic E-state index is 0.617.